The zero-order chi connectivity index (χ0) is 24.2. The van der Waals surface area contributed by atoms with Gasteiger partial charge in [-0.1, -0.05) is 25.3 Å². The number of carboxylic acid groups (broad SMARTS) is 1. The van der Waals surface area contributed by atoms with Crippen LogP contribution in [0.5, 0.6) is 5.75 Å². The molecule has 2 heterocycles. The molecule has 0 unspecified atom stereocenters. The van der Waals surface area contributed by atoms with Crippen molar-refractivity contribution < 1.29 is 19.4 Å². The van der Waals surface area contributed by atoms with Gasteiger partial charge < -0.3 is 29.9 Å². The number of rotatable bonds is 7. The van der Waals surface area contributed by atoms with Crippen molar-refractivity contribution in [1.82, 2.24) is 9.88 Å². The molecular weight excluding hydrogens is 444 g/mol. The van der Waals surface area contributed by atoms with Crippen LogP contribution in [0.15, 0.2) is 67.0 Å². The van der Waals surface area contributed by atoms with Crippen molar-refractivity contribution in [2.24, 2.45) is 0 Å². The summed E-state index contributed by atoms with van der Waals surface area (Å²) in [5.74, 6) is -0.220. The summed E-state index contributed by atoms with van der Waals surface area (Å²) in [5, 5.41) is 15.6. The van der Waals surface area contributed by atoms with Gasteiger partial charge in [0.2, 0.25) is 0 Å². The van der Waals surface area contributed by atoms with Crippen LogP contribution in [0.25, 0.3) is 5.69 Å². The fourth-order valence-corrected chi connectivity index (χ4v) is 4.83. The van der Waals surface area contributed by atoms with E-state index >= 15 is 0 Å². The number of urea groups is 1. The number of para-hydroxylation sites is 1. The third-order valence-electron chi connectivity index (χ3n) is 6.65. The van der Waals surface area contributed by atoms with Gasteiger partial charge in [0.1, 0.15) is 11.9 Å². The van der Waals surface area contributed by atoms with E-state index in [0.717, 1.165) is 30.0 Å². The average molecular weight is 475 g/mol. The lowest BCUT2D eigenvalue weighted by Gasteiger charge is -2.41. The molecule has 1 aromatic heterocycles. The van der Waals surface area contributed by atoms with Crippen molar-refractivity contribution in [1.29, 1.82) is 0 Å². The molecule has 1 saturated heterocycles. The average Bonchev–Trinajstić information content (AvgIpc) is 3.37. The number of nitrogens with one attached hydrogen (secondary N) is 2. The van der Waals surface area contributed by atoms with E-state index in [1.165, 1.54) is 19.3 Å². The van der Waals surface area contributed by atoms with Crippen LogP contribution in [0.4, 0.5) is 16.2 Å². The molecule has 3 aromatic rings. The number of carboxylic acids is 1. The number of anilines is 2. The molecule has 0 radical (unpaired) electrons. The number of hydrogen-bond acceptors (Lipinski definition) is 4. The van der Waals surface area contributed by atoms with Crippen LogP contribution in [-0.2, 0) is 0 Å². The molecule has 2 aromatic carbocycles. The second-order valence-electron chi connectivity index (χ2n) is 9.17. The number of amides is 2. The highest BCUT2D eigenvalue weighted by atomic mass is 16.5. The minimum absolute atomic E-state index is 0.00518. The number of hydrogen-bond donors (Lipinski definition) is 3. The molecular formula is C27H30N4O4. The van der Waals surface area contributed by atoms with Gasteiger partial charge in [-0.25, -0.2) is 9.59 Å². The van der Waals surface area contributed by atoms with Crippen LogP contribution in [0.3, 0.4) is 0 Å². The van der Waals surface area contributed by atoms with E-state index in [2.05, 4.69) is 15.5 Å². The van der Waals surface area contributed by atoms with Gasteiger partial charge in [-0.3, -0.25) is 0 Å². The monoisotopic (exact) mass is 474 g/mol. The summed E-state index contributed by atoms with van der Waals surface area (Å²) in [6.45, 7) is 1.31. The molecule has 3 N–H and O–H groups in total. The van der Waals surface area contributed by atoms with Crippen LogP contribution in [0.1, 0.15) is 42.5 Å². The van der Waals surface area contributed by atoms with Gasteiger partial charge in [-0.15, -0.1) is 0 Å². The standard InChI is InChI=1S/C27H30N4O4/c32-26(33)23-9-6-10-24(25(23)30-15-4-5-16-30)31-17-22(18-31)35-21-13-11-20(12-14-21)29-27(34)28-19-7-2-1-3-8-19/h4-6,9-16,19,22H,1-3,7-8,17-18H2,(H,32,33)(H2,28,29,34). The normalized spacial score (nSPS) is 16.4. The fraction of sp³-hybridized carbons (Fsp3) is 0.333. The van der Waals surface area contributed by atoms with Gasteiger partial charge in [0.25, 0.3) is 0 Å². The first kappa shape index (κ1) is 22.8. The Hall–Kier alpha value is -3.94. The molecule has 8 heteroatoms. The third-order valence-corrected chi connectivity index (χ3v) is 6.65. The van der Waals surface area contributed by atoms with Crippen LogP contribution in [0.2, 0.25) is 0 Å². The summed E-state index contributed by atoms with van der Waals surface area (Å²) >= 11 is 0. The first-order chi connectivity index (χ1) is 17.1. The topological polar surface area (TPSA) is 95.8 Å². The molecule has 0 atom stereocenters. The van der Waals surface area contributed by atoms with E-state index in [-0.39, 0.29) is 23.7 Å². The highest BCUT2D eigenvalue weighted by molar-refractivity contribution is 5.95. The van der Waals surface area contributed by atoms with E-state index in [0.29, 0.717) is 18.8 Å². The van der Waals surface area contributed by atoms with Crippen LogP contribution < -0.4 is 20.3 Å². The van der Waals surface area contributed by atoms with E-state index in [4.69, 9.17) is 4.74 Å². The van der Waals surface area contributed by atoms with Gasteiger partial charge in [0.05, 0.1) is 30.0 Å². The maximum absolute atomic E-state index is 12.3. The predicted octanol–water partition coefficient (Wildman–Crippen LogP) is 4.90. The first-order valence-electron chi connectivity index (χ1n) is 12.2. The van der Waals surface area contributed by atoms with Crippen molar-refractivity contribution in [3.8, 4) is 11.4 Å². The lowest BCUT2D eigenvalue weighted by molar-refractivity contribution is 0.0697. The molecule has 2 aliphatic rings. The number of carbonyl (C=O) groups excluding carboxylic acids is 1. The van der Waals surface area contributed by atoms with Crippen LogP contribution in [0, 0.1) is 0 Å². The first-order valence-corrected chi connectivity index (χ1v) is 12.2. The largest absolute Gasteiger partial charge is 0.487 e. The summed E-state index contributed by atoms with van der Waals surface area (Å²) in [6, 6.07) is 16.6. The molecule has 0 spiro atoms. The minimum atomic E-state index is -0.954. The Bertz CT molecular complexity index is 1160. The van der Waals surface area contributed by atoms with E-state index in [1.54, 1.807) is 12.1 Å². The van der Waals surface area contributed by atoms with Crippen LogP contribution >= 0.6 is 0 Å². The maximum Gasteiger partial charge on any atom is 0.337 e. The van der Waals surface area contributed by atoms with Crippen molar-refractivity contribution in [2.45, 2.75) is 44.2 Å². The molecule has 1 aliphatic carbocycles. The SMILES string of the molecule is O=C(Nc1ccc(OC2CN(c3cccc(C(=O)O)c3-n3cccc3)C2)cc1)NC1CCCCC1. The lowest BCUT2D eigenvalue weighted by atomic mass is 9.96. The fourth-order valence-electron chi connectivity index (χ4n) is 4.83. The highest BCUT2D eigenvalue weighted by Gasteiger charge is 2.31. The smallest absolute Gasteiger partial charge is 0.337 e. The molecule has 0 bridgehead atoms. The molecule has 8 nitrogen and oxygen atoms in total. The molecule has 1 aliphatic heterocycles. The van der Waals surface area contributed by atoms with Crippen molar-refractivity contribution in [2.75, 3.05) is 23.3 Å². The summed E-state index contributed by atoms with van der Waals surface area (Å²) in [6.07, 6.45) is 9.40. The second kappa shape index (κ2) is 10.1. The summed E-state index contributed by atoms with van der Waals surface area (Å²) in [7, 11) is 0. The second-order valence-corrected chi connectivity index (χ2v) is 9.17. The number of ether oxygens (including phenoxy) is 1. The molecule has 5 rings (SSSR count). The highest BCUT2D eigenvalue weighted by Crippen LogP contribution is 2.32. The minimum Gasteiger partial charge on any atom is -0.487 e. The van der Waals surface area contributed by atoms with Crippen molar-refractivity contribution in [3.05, 3.63) is 72.6 Å². The molecule has 1 saturated carbocycles. The number of aromatic nitrogens is 1. The van der Waals surface area contributed by atoms with E-state index < -0.39 is 5.97 Å². The lowest BCUT2D eigenvalue weighted by Crippen LogP contribution is -2.54. The Morgan fingerprint density at radius 2 is 1.63 bits per heavy atom. The zero-order valence-electron chi connectivity index (χ0n) is 19.5. The quantitative estimate of drug-likeness (QED) is 0.453. The maximum atomic E-state index is 12.3. The van der Waals surface area contributed by atoms with Crippen LogP contribution in [-0.4, -0.2) is 46.9 Å². The Morgan fingerprint density at radius 3 is 2.31 bits per heavy atom. The Kier molecular flexibility index (Phi) is 6.61. The number of benzene rings is 2. The Morgan fingerprint density at radius 1 is 0.914 bits per heavy atom. The van der Waals surface area contributed by atoms with Gasteiger partial charge in [-0.05, 0) is 61.4 Å². The number of nitrogens with zero attached hydrogens (tertiary/aromatic N) is 2. The number of aromatic carboxylic acids is 1. The van der Waals surface area contributed by atoms with Gasteiger partial charge in [-0.2, -0.15) is 0 Å². The third kappa shape index (κ3) is 5.26. The molecule has 2 fully saturated rings. The molecule has 35 heavy (non-hydrogen) atoms. The summed E-state index contributed by atoms with van der Waals surface area (Å²) in [4.78, 5) is 26.2. The predicted molar refractivity (Wildman–Crippen MR) is 135 cm³/mol. The van der Waals surface area contributed by atoms with Gasteiger partial charge in [0, 0.05) is 24.1 Å². The Balaban J connectivity index is 1.17. The zero-order valence-corrected chi connectivity index (χ0v) is 19.5. The number of carbonyl (C=O) groups is 2. The van der Waals surface area contributed by atoms with Crippen molar-refractivity contribution in [3.63, 3.8) is 0 Å². The molecule has 2 amide bonds. The van der Waals surface area contributed by atoms with Gasteiger partial charge in [0.15, 0.2) is 0 Å². The summed E-state index contributed by atoms with van der Waals surface area (Å²) in [5.41, 5.74) is 2.51. The van der Waals surface area contributed by atoms with E-state index in [9.17, 15) is 14.7 Å². The van der Waals surface area contributed by atoms with Gasteiger partial charge >= 0.3 is 12.0 Å². The molecule has 182 valence electrons. The Labute approximate surface area is 204 Å². The van der Waals surface area contributed by atoms with Crippen molar-refractivity contribution >= 4 is 23.4 Å². The summed E-state index contributed by atoms with van der Waals surface area (Å²) < 4.78 is 7.94. The van der Waals surface area contributed by atoms with E-state index in [1.807, 2.05) is 59.4 Å².